The largest absolute Gasteiger partial charge is 0.381 e. The molecule has 166 valence electrons. The zero-order valence-electron chi connectivity index (χ0n) is 18.5. The van der Waals surface area contributed by atoms with Crippen molar-refractivity contribution in [2.45, 2.75) is 45.6 Å². The normalized spacial score (nSPS) is 17.8. The Bertz CT molecular complexity index is 697. The van der Waals surface area contributed by atoms with Crippen LogP contribution in [0.2, 0.25) is 0 Å². The number of carbonyl (C=O) groups excluding carboxylic acids is 1. The minimum Gasteiger partial charge on any atom is -0.381 e. The van der Waals surface area contributed by atoms with Crippen LogP contribution in [-0.4, -0.2) is 68.2 Å². The summed E-state index contributed by atoms with van der Waals surface area (Å²) in [5, 5.41) is 6.42. The fourth-order valence-corrected chi connectivity index (χ4v) is 4.02. The van der Waals surface area contributed by atoms with Crippen molar-refractivity contribution in [3.63, 3.8) is 0 Å². The van der Waals surface area contributed by atoms with Crippen LogP contribution in [0.1, 0.15) is 44.6 Å². The average molecular weight is 416 g/mol. The van der Waals surface area contributed by atoms with Crippen LogP contribution >= 0.6 is 0 Å². The number of ether oxygens (including phenoxy) is 1. The van der Waals surface area contributed by atoms with Crippen molar-refractivity contribution >= 4 is 17.7 Å². The van der Waals surface area contributed by atoms with Gasteiger partial charge < -0.3 is 25.2 Å². The Morgan fingerprint density at radius 1 is 1.27 bits per heavy atom. The van der Waals surface area contributed by atoms with Gasteiger partial charge in [0, 0.05) is 52.1 Å². The Balaban J connectivity index is 1.54. The molecule has 0 bridgehead atoms. The summed E-state index contributed by atoms with van der Waals surface area (Å²) in [7, 11) is 2.10. The van der Waals surface area contributed by atoms with Crippen LogP contribution in [-0.2, 0) is 11.3 Å². The molecular formula is C23H37N5O2. The predicted molar refractivity (Wildman–Crippen MR) is 122 cm³/mol. The molecule has 30 heavy (non-hydrogen) atoms. The molecule has 1 aromatic rings. The number of hydrogen-bond acceptors (Lipinski definition) is 3. The molecule has 0 radical (unpaired) electrons. The van der Waals surface area contributed by atoms with Gasteiger partial charge in [0.05, 0.1) is 6.54 Å². The van der Waals surface area contributed by atoms with Crippen molar-refractivity contribution in [3.8, 4) is 0 Å². The molecule has 2 aliphatic rings. The van der Waals surface area contributed by atoms with Gasteiger partial charge in [0.25, 0.3) is 0 Å². The summed E-state index contributed by atoms with van der Waals surface area (Å²) in [6.07, 6.45) is 5.69. The number of urea groups is 1. The number of rotatable bonds is 7. The van der Waals surface area contributed by atoms with Crippen molar-refractivity contribution < 1.29 is 9.53 Å². The molecule has 2 aliphatic heterocycles. The van der Waals surface area contributed by atoms with Crippen molar-refractivity contribution in [1.29, 1.82) is 0 Å². The molecule has 0 aromatic heterocycles. The number of anilines is 1. The quantitative estimate of drug-likeness (QED) is 0.528. The van der Waals surface area contributed by atoms with E-state index in [1.807, 2.05) is 23.1 Å². The van der Waals surface area contributed by atoms with Crippen LogP contribution in [0.3, 0.4) is 0 Å². The minimum absolute atomic E-state index is 0.00524. The van der Waals surface area contributed by atoms with E-state index < -0.39 is 0 Å². The van der Waals surface area contributed by atoms with Crippen LogP contribution in [0.4, 0.5) is 10.5 Å². The summed E-state index contributed by atoms with van der Waals surface area (Å²) in [6, 6.07) is 7.98. The van der Waals surface area contributed by atoms with Crippen LogP contribution in [0, 0.1) is 5.92 Å². The highest BCUT2D eigenvalue weighted by Gasteiger charge is 2.18. The highest BCUT2D eigenvalue weighted by Crippen LogP contribution is 2.19. The molecule has 2 N–H and O–H groups in total. The lowest BCUT2D eigenvalue weighted by molar-refractivity contribution is 0.0625. The topological polar surface area (TPSA) is 69.2 Å². The SMILES string of the molecule is CCNC(=NCc1cccc(NC(=O)N2CCCC2)c1)N(C)CCC1CCOCC1. The number of amides is 2. The molecule has 2 fully saturated rings. The van der Waals surface area contributed by atoms with Gasteiger partial charge >= 0.3 is 6.03 Å². The highest BCUT2D eigenvalue weighted by atomic mass is 16.5. The van der Waals surface area contributed by atoms with Crippen LogP contribution in [0.5, 0.6) is 0 Å². The van der Waals surface area contributed by atoms with Crippen molar-refractivity contribution in [2.24, 2.45) is 10.9 Å². The standard InChI is InChI=1S/C23H37N5O2/c1-3-24-22(27(2)14-9-19-10-15-30-16-11-19)25-18-20-7-6-8-21(17-20)26-23(29)28-12-4-5-13-28/h6-8,17,19H,3-5,9-16,18H2,1-2H3,(H,24,25)(H,26,29). The van der Waals surface area contributed by atoms with Gasteiger partial charge in [-0.3, -0.25) is 0 Å². The third-order valence-corrected chi connectivity index (χ3v) is 5.89. The molecule has 3 rings (SSSR count). The van der Waals surface area contributed by atoms with Crippen molar-refractivity contribution in [3.05, 3.63) is 29.8 Å². The summed E-state index contributed by atoms with van der Waals surface area (Å²) in [5.74, 6) is 1.68. The molecule has 0 saturated carbocycles. The molecule has 1 aromatic carbocycles. The van der Waals surface area contributed by atoms with Gasteiger partial charge in [0.1, 0.15) is 0 Å². The molecule has 7 nitrogen and oxygen atoms in total. The van der Waals surface area contributed by atoms with Gasteiger partial charge in [-0.15, -0.1) is 0 Å². The van der Waals surface area contributed by atoms with Crippen molar-refractivity contribution in [1.82, 2.24) is 15.1 Å². The molecule has 0 unspecified atom stereocenters. The molecule has 2 amide bonds. The van der Waals surface area contributed by atoms with Crippen LogP contribution in [0.15, 0.2) is 29.3 Å². The fourth-order valence-electron chi connectivity index (χ4n) is 4.02. The van der Waals surface area contributed by atoms with E-state index >= 15 is 0 Å². The number of guanidine groups is 1. The monoisotopic (exact) mass is 415 g/mol. The molecule has 0 spiro atoms. The molecule has 0 atom stereocenters. The van der Waals surface area contributed by atoms with E-state index in [-0.39, 0.29) is 6.03 Å². The Hall–Kier alpha value is -2.28. The van der Waals surface area contributed by atoms with Gasteiger partial charge in [-0.2, -0.15) is 0 Å². The van der Waals surface area contributed by atoms with Gasteiger partial charge in [-0.25, -0.2) is 9.79 Å². The van der Waals surface area contributed by atoms with E-state index in [4.69, 9.17) is 9.73 Å². The summed E-state index contributed by atoms with van der Waals surface area (Å²) in [5.41, 5.74) is 1.92. The number of hydrogen-bond donors (Lipinski definition) is 2. The lowest BCUT2D eigenvalue weighted by atomic mass is 9.96. The van der Waals surface area contributed by atoms with E-state index in [0.717, 1.165) is 88.2 Å². The molecule has 2 saturated heterocycles. The second kappa shape index (κ2) is 11.8. The Labute approximate surface area is 180 Å². The maximum atomic E-state index is 12.3. The summed E-state index contributed by atoms with van der Waals surface area (Å²) in [4.78, 5) is 21.3. The smallest absolute Gasteiger partial charge is 0.321 e. The van der Waals surface area contributed by atoms with E-state index in [1.54, 1.807) is 0 Å². The third-order valence-electron chi connectivity index (χ3n) is 5.89. The van der Waals surface area contributed by atoms with Crippen LogP contribution < -0.4 is 10.6 Å². The van der Waals surface area contributed by atoms with E-state index in [2.05, 4.69) is 35.6 Å². The Kier molecular flexibility index (Phi) is 8.81. The van der Waals surface area contributed by atoms with Crippen LogP contribution in [0.25, 0.3) is 0 Å². The van der Waals surface area contributed by atoms with Gasteiger partial charge in [0.15, 0.2) is 5.96 Å². The first-order valence-electron chi connectivity index (χ1n) is 11.4. The first kappa shape index (κ1) is 22.4. The summed E-state index contributed by atoms with van der Waals surface area (Å²) >= 11 is 0. The van der Waals surface area contributed by atoms with Gasteiger partial charge in [-0.1, -0.05) is 12.1 Å². The lowest BCUT2D eigenvalue weighted by Crippen LogP contribution is -2.40. The second-order valence-electron chi connectivity index (χ2n) is 8.26. The van der Waals surface area contributed by atoms with Crippen molar-refractivity contribution in [2.75, 3.05) is 51.8 Å². The summed E-state index contributed by atoms with van der Waals surface area (Å²) < 4.78 is 5.46. The zero-order valence-corrected chi connectivity index (χ0v) is 18.5. The Morgan fingerprint density at radius 3 is 2.77 bits per heavy atom. The van der Waals surface area contributed by atoms with Gasteiger partial charge in [-0.05, 0) is 62.6 Å². The van der Waals surface area contributed by atoms with E-state index in [9.17, 15) is 4.79 Å². The highest BCUT2D eigenvalue weighted by molar-refractivity contribution is 5.89. The molecular weight excluding hydrogens is 378 g/mol. The number of likely N-dealkylation sites (tertiary alicyclic amines) is 1. The minimum atomic E-state index is -0.00524. The Morgan fingerprint density at radius 2 is 2.03 bits per heavy atom. The fraction of sp³-hybridized carbons (Fsp3) is 0.652. The third kappa shape index (κ3) is 6.90. The first-order chi connectivity index (χ1) is 14.7. The molecule has 7 heteroatoms. The maximum absolute atomic E-state index is 12.3. The molecule has 0 aliphatic carbocycles. The maximum Gasteiger partial charge on any atom is 0.321 e. The van der Waals surface area contributed by atoms with E-state index in [0.29, 0.717) is 6.54 Å². The predicted octanol–water partition coefficient (Wildman–Crippen LogP) is 3.53. The summed E-state index contributed by atoms with van der Waals surface area (Å²) in [6.45, 7) is 7.99. The number of nitrogens with one attached hydrogen (secondary N) is 2. The molecule has 2 heterocycles. The number of benzene rings is 1. The second-order valence-corrected chi connectivity index (χ2v) is 8.26. The number of nitrogens with zero attached hydrogens (tertiary/aromatic N) is 3. The first-order valence-corrected chi connectivity index (χ1v) is 11.4. The number of aliphatic imine (C=N–C) groups is 1. The van der Waals surface area contributed by atoms with E-state index in [1.165, 1.54) is 6.42 Å². The lowest BCUT2D eigenvalue weighted by Gasteiger charge is -2.26. The van der Waals surface area contributed by atoms with Gasteiger partial charge in [0.2, 0.25) is 0 Å². The number of carbonyl (C=O) groups is 1. The zero-order chi connectivity index (χ0) is 21.2. The average Bonchev–Trinajstić information content (AvgIpc) is 3.31.